The van der Waals surface area contributed by atoms with Gasteiger partial charge in [0.05, 0.1) is 8.07 Å². The minimum absolute atomic E-state index is 1.27. The van der Waals surface area contributed by atoms with Crippen LogP contribution in [-0.2, 0) is 14.7 Å². The first kappa shape index (κ1) is 24.1. The number of hydrogen-bond acceptors (Lipinski definition) is 0. The normalized spacial score (nSPS) is 13.0. The molecule has 28 heavy (non-hydrogen) atoms. The summed E-state index contributed by atoms with van der Waals surface area (Å²) in [6.07, 6.45) is 2.58. The summed E-state index contributed by atoms with van der Waals surface area (Å²) in [6, 6.07) is 19.8. The van der Waals surface area contributed by atoms with Crippen molar-refractivity contribution in [2.45, 2.75) is 53.1 Å². The van der Waals surface area contributed by atoms with Crippen LogP contribution in [0.3, 0.4) is 0 Å². The van der Waals surface area contributed by atoms with Crippen LogP contribution in [-0.4, -0.2) is 8.07 Å². The first-order valence-corrected chi connectivity index (χ1v) is 18.9. The summed E-state index contributed by atoms with van der Waals surface area (Å²) in [5, 5.41) is 6.16. The van der Waals surface area contributed by atoms with E-state index in [0.717, 1.165) is 0 Å². The van der Waals surface area contributed by atoms with Gasteiger partial charge in [-0.3, -0.25) is 0 Å². The van der Waals surface area contributed by atoms with E-state index in [-0.39, 0.29) is 0 Å². The second kappa shape index (κ2) is 10.8. The Morgan fingerprint density at radius 3 is 2.11 bits per heavy atom. The molecule has 3 aromatic rings. The Hall–Kier alpha value is -0.149. The van der Waals surface area contributed by atoms with E-state index in [0.29, 0.717) is 0 Å². The van der Waals surface area contributed by atoms with Crippen LogP contribution < -0.4 is 10.4 Å². The van der Waals surface area contributed by atoms with Crippen molar-refractivity contribution < 1.29 is 14.7 Å². The van der Waals surface area contributed by atoms with E-state index >= 15 is 0 Å². The molecule has 0 N–H and O–H groups in total. The molecule has 0 amide bonds. The van der Waals surface area contributed by atoms with Crippen molar-refractivity contribution in [3.05, 3.63) is 65.2 Å². The fourth-order valence-electron chi connectivity index (χ4n) is 4.61. The van der Waals surface area contributed by atoms with Crippen molar-refractivity contribution in [1.29, 1.82) is 0 Å². The fraction of sp³-hybridized carbons (Fsp3) is 0.348. The maximum atomic E-state index is 4.97. The van der Waals surface area contributed by atoms with E-state index in [1.807, 2.05) is 0 Å². The van der Waals surface area contributed by atoms with Gasteiger partial charge in [-0.1, -0.05) is 72.4 Å². The number of halogens is 3. The van der Waals surface area contributed by atoms with E-state index in [2.05, 4.69) is 82.8 Å². The summed E-state index contributed by atoms with van der Waals surface area (Å²) in [5.74, 6) is 0. The first-order valence-electron chi connectivity index (χ1n) is 9.77. The topological polar surface area (TPSA) is 0 Å². The Balaban J connectivity index is 0.000000640. The molecule has 0 aliphatic heterocycles. The molecular weight excluding hydrogens is 459 g/mol. The second-order valence-corrected chi connectivity index (χ2v) is 19.7. The van der Waals surface area contributed by atoms with Crippen molar-refractivity contribution in [3.8, 4) is 0 Å². The molecule has 0 aromatic heterocycles. The summed E-state index contributed by atoms with van der Waals surface area (Å²) in [4.78, 5) is 0. The van der Waals surface area contributed by atoms with E-state index in [1.165, 1.54) is 46.3 Å². The van der Waals surface area contributed by atoms with Crippen molar-refractivity contribution in [2.24, 2.45) is 0 Å². The van der Waals surface area contributed by atoms with Crippen molar-refractivity contribution in [2.75, 3.05) is 0 Å². The predicted octanol–water partition coefficient (Wildman–Crippen LogP) is 7.54. The van der Waals surface area contributed by atoms with Crippen LogP contribution in [0, 0.1) is 20.8 Å². The summed E-state index contributed by atoms with van der Waals surface area (Å²) in [7, 11) is 13.2. The van der Waals surface area contributed by atoms with Crippen LogP contribution in [0.2, 0.25) is 12.6 Å². The number of hydrogen-bond donors (Lipinski definition) is 0. The Morgan fingerprint density at radius 1 is 0.964 bits per heavy atom. The van der Waals surface area contributed by atoms with Crippen LogP contribution in [0.15, 0.2) is 48.5 Å². The summed E-state index contributed by atoms with van der Waals surface area (Å²) < 4.78 is 0. The zero-order valence-corrected chi connectivity index (χ0v) is 22.2. The van der Waals surface area contributed by atoms with Crippen LogP contribution in [0.25, 0.3) is 10.8 Å². The number of benzene rings is 2. The SMILES string of the molecule is CCCC[Si](C)(c1c(C)cc(C)cc1C)[c-]1ccc2ccccc21.[Cl][Ti+]([Cl])[Cl]. The minimum atomic E-state index is -1.92. The summed E-state index contributed by atoms with van der Waals surface area (Å²) >= 11 is -1.92. The van der Waals surface area contributed by atoms with E-state index in [4.69, 9.17) is 27.9 Å². The third-order valence-electron chi connectivity index (χ3n) is 5.53. The molecule has 150 valence electrons. The Bertz CT molecular complexity index is 893. The van der Waals surface area contributed by atoms with Crippen molar-refractivity contribution >= 4 is 57.1 Å². The van der Waals surface area contributed by atoms with Crippen LogP contribution in [0.5, 0.6) is 0 Å². The van der Waals surface area contributed by atoms with Crippen LogP contribution in [0.4, 0.5) is 0 Å². The van der Waals surface area contributed by atoms with Gasteiger partial charge < -0.3 is 0 Å². The molecule has 0 heterocycles. The number of fused-ring (bicyclic) bond motifs is 1. The molecule has 0 aliphatic rings. The number of aryl methyl sites for hydroxylation is 3. The van der Waals surface area contributed by atoms with Gasteiger partial charge in [0.1, 0.15) is 0 Å². The number of rotatable bonds is 5. The quantitative estimate of drug-likeness (QED) is 0.257. The van der Waals surface area contributed by atoms with Gasteiger partial charge in [-0.2, -0.15) is 12.1 Å². The molecule has 0 fully saturated rings. The van der Waals surface area contributed by atoms with Gasteiger partial charge in [0.2, 0.25) is 0 Å². The maximum absolute atomic E-state index is 4.97. The molecule has 0 saturated heterocycles. The molecule has 0 saturated carbocycles. The van der Waals surface area contributed by atoms with Crippen LogP contribution in [0.1, 0.15) is 36.5 Å². The Morgan fingerprint density at radius 2 is 1.54 bits per heavy atom. The second-order valence-electron chi connectivity index (χ2n) is 7.76. The molecule has 0 spiro atoms. The molecule has 0 radical (unpaired) electrons. The van der Waals surface area contributed by atoms with Gasteiger partial charge in [-0.15, -0.1) is 34.2 Å². The summed E-state index contributed by atoms with van der Waals surface area (Å²) in [5.41, 5.74) is 4.36. The molecule has 1 atom stereocenters. The van der Waals surface area contributed by atoms with Crippen LogP contribution >= 0.6 is 27.9 Å². The van der Waals surface area contributed by atoms with E-state index in [9.17, 15) is 0 Å². The fourth-order valence-corrected chi connectivity index (χ4v) is 9.61. The van der Waals surface area contributed by atoms with Gasteiger partial charge in [0, 0.05) is 0 Å². The van der Waals surface area contributed by atoms with Crippen molar-refractivity contribution in [3.63, 3.8) is 0 Å². The third-order valence-corrected chi connectivity index (χ3v) is 10.4. The summed E-state index contributed by atoms with van der Waals surface area (Å²) in [6.45, 7) is 11.8. The molecule has 3 rings (SSSR count). The number of unbranched alkanes of at least 4 members (excludes halogenated alkanes) is 1. The average Bonchev–Trinajstić information content (AvgIpc) is 3.03. The molecule has 5 heteroatoms. The molecule has 0 nitrogen and oxygen atoms in total. The molecule has 0 aliphatic carbocycles. The van der Waals surface area contributed by atoms with Gasteiger partial charge in [-0.05, 0) is 20.8 Å². The van der Waals surface area contributed by atoms with Gasteiger partial charge in [0.25, 0.3) is 0 Å². The zero-order chi connectivity index (χ0) is 20.9. The Labute approximate surface area is 189 Å². The van der Waals surface area contributed by atoms with Gasteiger partial charge >= 0.3 is 42.6 Å². The van der Waals surface area contributed by atoms with E-state index < -0.39 is 22.8 Å². The molecule has 3 aromatic carbocycles. The predicted molar refractivity (Wildman–Crippen MR) is 128 cm³/mol. The average molecular weight is 488 g/mol. The zero-order valence-electron chi connectivity index (χ0n) is 17.4. The van der Waals surface area contributed by atoms with Gasteiger partial charge in [-0.25, -0.2) is 0 Å². The van der Waals surface area contributed by atoms with E-state index in [1.54, 1.807) is 10.4 Å². The standard InChI is InChI=1S/C23H29Si.3ClH.Ti/c1-6-7-14-24(5,23-18(3)15-17(2)16-19(23)4)22-13-12-20-10-8-9-11-21(20)22;;;;/h8-13,15-16H,6-7,14H2,1-5H3;3*1H;/q-1;;;;+4/p-3. The molecule has 0 bridgehead atoms. The molecular formula is C23H29Cl3SiTi. The van der Waals surface area contributed by atoms with Crippen molar-refractivity contribution in [1.82, 2.24) is 0 Å². The molecule has 1 unspecified atom stereocenters. The van der Waals surface area contributed by atoms with Gasteiger partial charge in [0.15, 0.2) is 0 Å². The Kier molecular flexibility index (Phi) is 9.26. The third kappa shape index (κ3) is 5.72. The monoisotopic (exact) mass is 486 g/mol. The first-order chi connectivity index (χ1) is 13.2.